The fourth-order valence-electron chi connectivity index (χ4n) is 4.98. The van der Waals surface area contributed by atoms with Crippen LogP contribution in [0.4, 0.5) is 0 Å². The van der Waals surface area contributed by atoms with Gasteiger partial charge in [0.1, 0.15) is 0 Å². The summed E-state index contributed by atoms with van der Waals surface area (Å²) in [4.78, 5) is 3.68. The smallest absolute Gasteiger partial charge is 0.0467 e. The largest absolute Gasteiger partial charge is 0.355 e. The number of aryl methyl sites for hydroxylation is 1. The van der Waals surface area contributed by atoms with Crippen molar-refractivity contribution in [1.29, 1.82) is 0 Å². The Morgan fingerprint density at radius 3 is 2.57 bits per heavy atom. The molecule has 4 aromatic rings. The molecule has 0 bridgehead atoms. The molecular formula is C27H27N. The summed E-state index contributed by atoms with van der Waals surface area (Å²) in [5.41, 5.74) is 5.31. The molecule has 0 amide bonds. The number of aromatic amines is 1. The molecule has 0 radical (unpaired) electrons. The summed E-state index contributed by atoms with van der Waals surface area (Å²) in [6.07, 6.45) is 5.89. The molecule has 0 spiro atoms. The second-order valence-corrected chi connectivity index (χ2v) is 8.90. The van der Waals surface area contributed by atoms with Crippen LogP contribution in [-0.2, 0) is 5.41 Å². The van der Waals surface area contributed by atoms with Crippen LogP contribution in [0.3, 0.4) is 0 Å². The van der Waals surface area contributed by atoms with E-state index in [4.69, 9.17) is 0 Å². The number of fused-ring (bicyclic) bond motifs is 4. The van der Waals surface area contributed by atoms with Gasteiger partial charge in [-0.05, 0) is 58.9 Å². The maximum Gasteiger partial charge on any atom is 0.0467 e. The van der Waals surface area contributed by atoms with Gasteiger partial charge < -0.3 is 4.98 Å². The van der Waals surface area contributed by atoms with Crippen molar-refractivity contribution in [3.8, 4) is 0 Å². The summed E-state index contributed by atoms with van der Waals surface area (Å²) in [5, 5.41) is 6.67. The van der Waals surface area contributed by atoms with E-state index >= 15 is 0 Å². The fraction of sp³-hybridized carbons (Fsp3) is 0.259. The summed E-state index contributed by atoms with van der Waals surface area (Å²) in [5.74, 6) is 0.610. The average molecular weight is 366 g/mol. The topological polar surface area (TPSA) is 15.8 Å². The van der Waals surface area contributed by atoms with Gasteiger partial charge >= 0.3 is 0 Å². The Kier molecular flexibility index (Phi) is 3.77. The van der Waals surface area contributed by atoms with Gasteiger partial charge in [-0.15, -0.1) is 0 Å². The van der Waals surface area contributed by atoms with Crippen LogP contribution in [0.1, 0.15) is 43.9 Å². The number of hydrogen-bond donors (Lipinski definition) is 1. The van der Waals surface area contributed by atoms with Crippen molar-refractivity contribution >= 4 is 33.8 Å². The highest BCUT2D eigenvalue weighted by Gasteiger charge is 2.27. The first-order valence-electron chi connectivity index (χ1n) is 10.3. The molecule has 1 aliphatic carbocycles. The van der Waals surface area contributed by atoms with Gasteiger partial charge in [-0.1, -0.05) is 75.4 Å². The van der Waals surface area contributed by atoms with Crippen molar-refractivity contribution in [2.45, 2.75) is 39.5 Å². The summed E-state index contributed by atoms with van der Waals surface area (Å²) in [7, 11) is 0. The van der Waals surface area contributed by atoms with Crippen molar-refractivity contribution in [3.05, 3.63) is 81.9 Å². The monoisotopic (exact) mass is 365 g/mol. The maximum absolute atomic E-state index is 3.68. The summed E-state index contributed by atoms with van der Waals surface area (Å²) < 4.78 is 0. The molecular weight excluding hydrogens is 338 g/mol. The Bertz CT molecular complexity index is 1330. The van der Waals surface area contributed by atoms with Crippen molar-refractivity contribution < 1.29 is 0 Å². The van der Waals surface area contributed by atoms with E-state index in [1.807, 2.05) is 0 Å². The van der Waals surface area contributed by atoms with Crippen LogP contribution < -0.4 is 10.6 Å². The Morgan fingerprint density at radius 1 is 0.929 bits per heavy atom. The van der Waals surface area contributed by atoms with Gasteiger partial charge in [-0.25, -0.2) is 0 Å². The molecule has 1 unspecified atom stereocenters. The van der Waals surface area contributed by atoms with Gasteiger partial charge in [-0.3, -0.25) is 0 Å². The number of rotatable bonds is 2. The molecule has 1 aromatic heterocycles. The first-order valence-corrected chi connectivity index (χ1v) is 10.3. The normalized spacial score (nSPS) is 16.6. The molecule has 1 atom stereocenters. The minimum absolute atomic E-state index is 0.0779. The number of aromatic nitrogens is 1. The molecule has 1 N–H and O–H groups in total. The van der Waals surface area contributed by atoms with Crippen LogP contribution in [0.25, 0.3) is 33.8 Å². The minimum Gasteiger partial charge on any atom is -0.355 e. The lowest BCUT2D eigenvalue weighted by Crippen LogP contribution is -2.27. The predicted octanol–water partition coefficient (Wildman–Crippen LogP) is 5.56. The maximum atomic E-state index is 3.68. The summed E-state index contributed by atoms with van der Waals surface area (Å²) in [6, 6.07) is 20.2. The van der Waals surface area contributed by atoms with Gasteiger partial charge in [-0.2, -0.15) is 0 Å². The number of nitrogens with one attached hydrogen (secondary N) is 1. The van der Waals surface area contributed by atoms with E-state index in [1.54, 1.807) is 0 Å². The molecule has 28 heavy (non-hydrogen) atoms. The number of benzene rings is 3. The van der Waals surface area contributed by atoms with Crippen molar-refractivity contribution in [1.82, 2.24) is 4.98 Å². The van der Waals surface area contributed by atoms with E-state index in [9.17, 15) is 0 Å². The molecule has 1 nitrogen and oxygen atoms in total. The van der Waals surface area contributed by atoms with Gasteiger partial charge in [0.2, 0.25) is 0 Å². The second-order valence-electron chi connectivity index (χ2n) is 8.90. The zero-order valence-electron chi connectivity index (χ0n) is 17.1. The zero-order valence-corrected chi connectivity index (χ0v) is 17.1. The SMILES string of the molecule is Cc1cc2c3c([nH]c2cc1C(C)(C)c1cccc2ccccc12)=CCC(C)C=3. The minimum atomic E-state index is -0.0779. The van der Waals surface area contributed by atoms with E-state index in [0.717, 1.165) is 6.42 Å². The second kappa shape index (κ2) is 6.10. The third-order valence-corrected chi connectivity index (χ3v) is 6.50. The van der Waals surface area contributed by atoms with E-state index in [1.165, 1.54) is 48.9 Å². The molecule has 140 valence electrons. The van der Waals surface area contributed by atoms with Gasteiger partial charge in [0.15, 0.2) is 0 Å². The summed E-state index contributed by atoms with van der Waals surface area (Å²) in [6.45, 7) is 9.26. The first-order chi connectivity index (χ1) is 13.4. The van der Waals surface area contributed by atoms with Crippen LogP contribution in [-0.4, -0.2) is 4.98 Å². The molecule has 1 heterocycles. The highest BCUT2D eigenvalue weighted by molar-refractivity contribution is 5.88. The highest BCUT2D eigenvalue weighted by atomic mass is 14.7. The fourth-order valence-corrected chi connectivity index (χ4v) is 4.98. The van der Waals surface area contributed by atoms with Crippen LogP contribution >= 0.6 is 0 Å². The Labute approximate surface area is 166 Å². The lowest BCUT2D eigenvalue weighted by molar-refractivity contribution is 0.643. The van der Waals surface area contributed by atoms with Gasteiger partial charge in [0, 0.05) is 26.9 Å². The number of H-pyrrole nitrogens is 1. The Morgan fingerprint density at radius 2 is 1.71 bits per heavy atom. The standard InChI is InChI=1S/C27H27N/c1-17-12-13-25-21(14-17)22-15-18(2)24(16-26(22)28-25)27(3,4)23-11-7-9-19-8-5-6-10-20(19)23/h5-11,13-17,28H,12H2,1-4H3. The molecule has 0 aliphatic heterocycles. The van der Waals surface area contributed by atoms with Crippen molar-refractivity contribution in [3.63, 3.8) is 0 Å². The lowest BCUT2D eigenvalue weighted by Gasteiger charge is -2.29. The van der Waals surface area contributed by atoms with Crippen molar-refractivity contribution in [2.24, 2.45) is 5.92 Å². The molecule has 0 saturated carbocycles. The lowest BCUT2D eigenvalue weighted by atomic mass is 9.74. The predicted molar refractivity (Wildman–Crippen MR) is 121 cm³/mol. The highest BCUT2D eigenvalue weighted by Crippen LogP contribution is 2.38. The van der Waals surface area contributed by atoms with Crippen LogP contribution in [0.15, 0.2) is 54.6 Å². The van der Waals surface area contributed by atoms with E-state index in [-0.39, 0.29) is 5.41 Å². The van der Waals surface area contributed by atoms with Crippen LogP contribution in [0.2, 0.25) is 0 Å². The van der Waals surface area contributed by atoms with Gasteiger partial charge in [0.05, 0.1) is 0 Å². The van der Waals surface area contributed by atoms with Crippen LogP contribution in [0, 0.1) is 12.8 Å². The zero-order chi connectivity index (χ0) is 19.5. The van der Waals surface area contributed by atoms with Crippen molar-refractivity contribution in [2.75, 3.05) is 0 Å². The third kappa shape index (κ3) is 2.53. The van der Waals surface area contributed by atoms with E-state index in [0.29, 0.717) is 5.92 Å². The number of hydrogen-bond acceptors (Lipinski definition) is 0. The third-order valence-electron chi connectivity index (χ3n) is 6.50. The Balaban J connectivity index is 1.77. The van der Waals surface area contributed by atoms with E-state index in [2.05, 4.69) is 99.4 Å². The van der Waals surface area contributed by atoms with E-state index < -0.39 is 0 Å². The Hall–Kier alpha value is -2.80. The molecule has 5 rings (SSSR count). The first kappa shape index (κ1) is 17.3. The average Bonchev–Trinajstić information content (AvgIpc) is 3.03. The quantitative estimate of drug-likeness (QED) is 0.479. The van der Waals surface area contributed by atoms with Crippen LogP contribution in [0.5, 0.6) is 0 Å². The summed E-state index contributed by atoms with van der Waals surface area (Å²) >= 11 is 0. The molecule has 1 aliphatic rings. The molecule has 3 aromatic carbocycles. The molecule has 0 saturated heterocycles. The van der Waals surface area contributed by atoms with Gasteiger partial charge in [0.25, 0.3) is 0 Å². The molecule has 1 heteroatoms. The molecule has 0 fully saturated rings.